The summed E-state index contributed by atoms with van der Waals surface area (Å²) in [5.74, 6) is 0.220. The summed E-state index contributed by atoms with van der Waals surface area (Å²) in [6.07, 6.45) is 7.09. The molecule has 26 heavy (non-hydrogen) atoms. The van der Waals surface area contributed by atoms with Crippen LogP contribution in [0.3, 0.4) is 0 Å². The quantitative estimate of drug-likeness (QED) is 0.524. The fourth-order valence-corrected chi connectivity index (χ4v) is 6.50. The van der Waals surface area contributed by atoms with Crippen molar-refractivity contribution in [2.24, 2.45) is 5.92 Å². The standard InChI is InChI=1S/C20H19BrN2O3/c21-19-7-8-20(26-19)13(11-19)18(25)23-14-5-2-1-4-12(14)15(10-16(20)23)22-9-3-6-17(22)24/h1-2,4-5,7-8,13,15-16H,3,6,9-11H2/t13-,15-,16-,19+,20-/m0/s1. The SMILES string of the molecule is O=C1CCCN1[C@H]1C[C@@H]2N(C(=O)[C@@H]3C[C@@]4(Br)C=C[C@@]23O4)c2ccccc21. The minimum Gasteiger partial charge on any atom is -0.346 e. The Bertz CT molecular complexity index is 886. The highest BCUT2D eigenvalue weighted by Crippen LogP contribution is 2.62. The predicted molar refractivity (Wildman–Crippen MR) is 98.7 cm³/mol. The number of benzene rings is 1. The first-order chi connectivity index (χ1) is 12.5. The summed E-state index contributed by atoms with van der Waals surface area (Å²) in [7, 11) is 0. The van der Waals surface area contributed by atoms with Gasteiger partial charge in [0.1, 0.15) is 10.1 Å². The van der Waals surface area contributed by atoms with Crippen LogP contribution in [-0.2, 0) is 14.3 Å². The Morgan fingerprint density at radius 3 is 2.81 bits per heavy atom. The normalized spacial score (nSPS) is 42.4. The maximum absolute atomic E-state index is 13.3. The number of rotatable bonds is 1. The molecule has 2 bridgehead atoms. The number of amides is 2. The molecule has 1 aromatic rings. The number of anilines is 1. The molecule has 6 rings (SSSR count). The Balaban J connectivity index is 1.51. The maximum atomic E-state index is 13.3. The molecule has 0 aromatic heterocycles. The number of fused-ring (bicyclic) bond motifs is 4. The van der Waals surface area contributed by atoms with Gasteiger partial charge in [-0.15, -0.1) is 0 Å². The summed E-state index contributed by atoms with van der Waals surface area (Å²) in [6.45, 7) is 0.800. The van der Waals surface area contributed by atoms with E-state index in [-0.39, 0.29) is 29.8 Å². The number of alkyl halides is 1. The lowest BCUT2D eigenvalue weighted by molar-refractivity contribution is -0.130. The van der Waals surface area contributed by atoms with Crippen LogP contribution in [0.2, 0.25) is 0 Å². The van der Waals surface area contributed by atoms with Crippen LogP contribution in [0.4, 0.5) is 5.69 Å². The Hall–Kier alpha value is -1.66. The molecular formula is C20H19BrN2O3. The molecule has 0 aliphatic carbocycles. The maximum Gasteiger partial charge on any atom is 0.233 e. The van der Waals surface area contributed by atoms with Crippen LogP contribution in [0.5, 0.6) is 0 Å². The summed E-state index contributed by atoms with van der Waals surface area (Å²) in [4.78, 5) is 29.8. The summed E-state index contributed by atoms with van der Waals surface area (Å²) < 4.78 is 5.90. The second-order valence-electron chi connectivity index (χ2n) is 8.06. The molecule has 0 saturated carbocycles. The molecular weight excluding hydrogens is 396 g/mol. The monoisotopic (exact) mass is 414 g/mol. The first-order valence-electron chi connectivity index (χ1n) is 9.33. The molecule has 5 aliphatic heterocycles. The zero-order valence-electron chi connectivity index (χ0n) is 14.2. The van der Waals surface area contributed by atoms with Gasteiger partial charge in [0, 0.05) is 25.1 Å². The van der Waals surface area contributed by atoms with Gasteiger partial charge in [0.15, 0.2) is 0 Å². The van der Waals surface area contributed by atoms with Crippen molar-refractivity contribution < 1.29 is 14.3 Å². The van der Waals surface area contributed by atoms with E-state index in [1.807, 2.05) is 28.0 Å². The average molecular weight is 415 g/mol. The molecule has 1 aromatic carbocycles. The molecule has 5 aliphatic rings. The zero-order valence-corrected chi connectivity index (χ0v) is 15.8. The first kappa shape index (κ1) is 15.4. The summed E-state index contributed by atoms with van der Waals surface area (Å²) in [5.41, 5.74) is 1.47. The number of halogens is 1. The Morgan fingerprint density at radius 1 is 1.19 bits per heavy atom. The van der Waals surface area contributed by atoms with Gasteiger partial charge in [-0.1, -0.05) is 24.3 Å². The van der Waals surface area contributed by atoms with Crippen molar-refractivity contribution in [3.05, 3.63) is 42.0 Å². The Morgan fingerprint density at radius 2 is 2.04 bits per heavy atom. The Labute approximate surface area is 160 Å². The van der Waals surface area contributed by atoms with Gasteiger partial charge in [-0.3, -0.25) is 9.59 Å². The van der Waals surface area contributed by atoms with E-state index in [1.165, 1.54) is 0 Å². The number of ether oxygens (including phenoxy) is 1. The largest absolute Gasteiger partial charge is 0.346 e. The topological polar surface area (TPSA) is 49.9 Å². The van der Waals surface area contributed by atoms with Gasteiger partial charge >= 0.3 is 0 Å². The average Bonchev–Trinajstić information content (AvgIpc) is 3.34. The third-order valence-corrected chi connectivity index (χ3v) is 7.57. The smallest absolute Gasteiger partial charge is 0.233 e. The minimum atomic E-state index is -0.574. The summed E-state index contributed by atoms with van der Waals surface area (Å²) >= 11 is 3.66. The van der Waals surface area contributed by atoms with Crippen molar-refractivity contribution >= 4 is 33.4 Å². The molecule has 2 amide bonds. The van der Waals surface area contributed by atoms with Gasteiger partial charge in [-0.25, -0.2) is 0 Å². The predicted octanol–water partition coefficient (Wildman–Crippen LogP) is 2.91. The molecule has 6 heteroatoms. The lowest BCUT2D eigenvalue weighted by Gasteiger charge is -2.44. The second kappa shape index (κ2) is 4.78. The minimum absolute atomic E-state index is 0.0197. The highest BCUT2D eigenvalue weighted by molar-refractivity contribution is 9.10. The van der Waals surface area contributed by atoms with Gasteiger partial charge in [-0.05, 0) is 46.5 Å². The third-order valence-electron chi connectivity index (χ3n) is 6.82. The van der Waals surface area contributed by atoms with Crippen LogP contribution >= 0.6 is 15.9 Å². The molecule has 3 fully saturated rings. The van der Waals surface area contributed by atoms with Crippen LogP contribution in [0.25, 0.3) is 0 Å². The number of carbonyl (C=O) groups excluding carboxylic acids is 2. The van der Waals surface area contributed by atoms with Crippen molar-refractivity contribution in [3.8, 4) is 0 Å². The van der Waals surface area contributed by atoms with E-state index >= 15 is 0 Å². The number of para-hydroxylation sites is 1. The van der Waals surface area contributed by atoms with Crippen LogP contribution in [-0.4, -0.2) is 39.4 Å². The fourth-order valence-electron chi connectivity index (χ4n) is 5.76. The molecule has 5 atom stereocenters. The van der Waals surface area contributed by atoms with Gasteiger partial charge in [0.2, 0.25) is 11.8 Å². The molecule has 3 saturated heterocycles. The molecule has 5 heterocycles. The fraction of sp³-hybridized carbons (Fsp3) is 0.500. The first-order valence-corrected chi connectivity index (χ1v) is 10.1. The van der Waals surface area contributed by atoms with Crippen molar-refractivity contribution in [1.82, 2.24) is 4.90 Å². The molecule has 0 radical (unpaired) electrons. The van der Waals surface area contributed by atoms with Crippen LogP contribution in [0, 0.1) is 5.92 Å². The number of nitrogens with zero attached hydrogens (tertiary/aromatic N) is 2. The highest BCUT2D eigenvalue weighted by Gasteiger charge is 2.70. The third kappa shape index (κ3) is 1.70. The van der Waals surface area contributed by atoms with Crippen molar-refractivity contribution in [1.29, 1.82) is 0 Å². The molecule has 1 spiro atoms. The summed E-state index contributed by atoms with van der Waals surface area (Å²) in [5, 5.41) is 0. The summed E-state index contributed by atoms with van der Waals surface area (Å²) in [6, 6.07) is 8.02. The van der Waals surface area contributed by atoms with Gasteiger partial charge in [-0.2, -0.15) is 0 Å². The van der Waals surface area contributed by atoms with E-state index in [2.05, 4.69) is 34.1 Å². The number of carbonyl (C=O) groups is 2. The molecule has 134 valence electrons. The Kier molecular flexibility index (Phi) is 2.83. The van der Waals surface area contributed by atoms with E-state index < -0.39 is 10.1 Å². The van der Waals surface area contributed by atoms with Gasteiger partial charge in [0.05, 0.1) is 18.0 Å². The highest BCUT2D eigenvalue weighted by atomic mass is 79.9. The van der Waals surface area contributed by atoms with Crippen molar-refractivity contribution in [2.45, 2.75) is 47.9 Å². The van der Waals surface area contributed by atoms with Crippen molar-refractivity contribution in [2.75, 3.05) is 11.4 Å². The number of hydrogen-bond donors (Lipinski definition) is 0. The molecule has 5 nitrogen and oxygen atoms in total. The lowest BCUT2D eigenvalue weighted by Crippen LogP contribution is -2.51. The van der Waals surface area contributed by atoms with E-state index in [1.54, 1.807) is 0 Å². The van der Waals surface area contributed by atoms with E-state index in [4.69, 9.17) is 4.74 Å². The van der Waals surface area contributed by atoms with Gasteiger partial charge in [0.25, 0.3) is 0 Å². The van der Waals surface area contributed by atoms with E-state index in [0.717, 1.165) is 30.6 Å². The zero-order chi connectivity index (χ0) is 17.7. The van der Waals surface area contributed by atoms with Crippen molar-refractivity contribution in [3.63, 3.8) is 0 Å². The number of hydrogen-bond acceptors (Lipinski definition) is 3. The molecule has 0 unspecified atom stereocenters. The van der Waals surface area contributed by atoms with Crippen LogP contribution < -0.4 is 4.90 Å². The molecule has 0 N–H and O–H groups in total. The van der Waals surface area contributed by atoms with Crippen LogP contribution in [0.1, 0.15) is 37.3 Å². The lowest BCUT2D eigenvalue weighted by atomic mass is 9.78. The van der Waals surface area contributed by atoms with E-state index in [0.29, 0.717) is 12.8 Å². The van der Waals surface area contributed by atoms with Crippen LogP contribution in [0.15, 0.2) is 36.4 Å². The number of likely N-dealkylation sites (tertiary alicyclic amines) is 1. The van der Waals surface area contributed by atoms with E-state index in [9.17, 15) is 9.59 Å². The second-order valence-corrected chi connectivity index (χ2v) is 9.40. The van der Waals surface area contributed by atoms with Gasteiger partial charge < -0.3 is 14.5 Å².